The van der Waals surface area contributed by atoms with E-state index in [0.717, 1.165) is 50.9 Å². The Morgan fingerprint density at radius 1 is 1.00 bits per heavy atom. The van der Waals surface area contributed by atoms with E-state index in [1.807, 2.05) is 73.7 Å². The maximum atomic E-state index is 12.0. The van der Waals surface area contributed by atoms with Gasteiger partial charge in [0.05, 0.1) is 17.6 Å². The highest BCUT2D eigenvalue weighted by Gasteiger charge is 2.32. The van der Waals surface area contributed by atoms with Gasteiger partial charge in [0.1, 0.15) is 11.5 Å². The number of oxazole rings is 1. The number of nitrogens with zero attached hydrogens (tertiary/aromatic N) is 1. The zero-order valence-electron chi connectivity index (χ0n) is 18.0. The van der Waals surface area contributed by atoms with Crippen LogP contribution in [0, 0.1) is 6.92 Å². The predicted octanol–water partition coefficient (Wildman–Crippen LogP) is 5.32. The number of aromatic nitrogens is 1. The van der Waals surface area contributed by atoms with Gasteiger partial charge in [-0.05, 0) is 42.5 Å². The molecule has 1 aromatic heterocycles. The van der Waals surface area contributed by atoms with Crippen molar-refractivity contribution in [1.82, 2.24) is 10.3 Å². The minimum Gasteiger partial charge on any atom is -0.493 e. The topological polar surface area (TPSA) is 81.4 Å². The van der Waals surface area contributed by atoms with Crippen LogP contribution in [0.5, 0.6) is 5.75 Å². The third-order valence-electron chi connectivity index (χ3n) is 5.66. The molecule has 3 aromatic carbocycles. The first-order valence-corrected chi connectivity index (χ1v) is 11.6. The van der Waals surface area contributed by atoms with Crippen LogP contribution >= 0.6 is 11.8 Å². The summed E-state index contributed by atoms with van der Waals surface area (Å²) in [5.74, 6) is 1.95. The Balaban J connectivity index is 1.31. The summed E-state index contributed by atoms with van der Waals surface area (Å²) in [5.41, 5.74) is 2.84. The van der Waals surface area contributed by atoms with E-state index >= 15 is 0 Å². The van der Waals surface area contributed by atoms with Crippen LogP contribution in [-0.4, -0.2) is 28.0 Å². The molecular formula is C26H22N2O4S. The van der Waals surface area contributed by atoms with Gasteiger partial charge in [-0.3, -0.25) is 14.9 Å². The highest BCUT2D eigenvalue weighted by atomic mass is 32.2. The molecule has 1 fully saturated rings. The zero-order valence-corrected chi connectivity index (χ0v) is 18.9. The molecule has 2 amide bonds. The number of amides is 2. The molecule has 166 valence electrons. The summed E-state index contributed by atoms with van der Waals surface area (Å²) < 4.78 is 12.0. The number of hydrogen-bond acceptors (Lipinski definition) is 6. The molecule has 1 saturated heterocycles. The normalized spacial score (nSPS) is 15.7. The lowest BCUT2D eigenvalue weighted by Gasteiger charge is -2.13. The van der Waals surface area contributed by atoms with Gasteiger partial charge < -0.3 is 9.15 Å². The lowest BCUT2D eigenvalue weighted by atomic mass is 10.00. The van der Waals surface area contributed by atoms with Crippen molar-refractivity contribution in [3.63, 3.8) is 0 Å². The predicted molar refractivity (Wildman–Crippen MR) is 128 cm³/mol. The lowest BCUT2D eigenvalue weighted by Crippen LogP contribution is -2.25. The average Bonchev–Trinajstić information content (AvgIpc) is 3.36. The number of benzene rings is 3. The number of carbonyl (C=O) groups excluding carboxylic acids is 2. The Bertz CT molecular complexity index is 1330. The quantitative estimate of drug-likeness (QED) is 0.404. The van der Waals surface area contributed by atoms with Crippen molar-refractivity contribution < 1.29 is 18.7 Å². The summed E-state index contributed by atoms with van der Waals surface area (Å²) in [4.78, 5) is 28.2. The molecule has 0 unspecified atom stereocenters. The fourth-order valence-corrected chi connectivity index (χ4v) is 4.83. The molecule has 4 aromatic rings. The molecule has 1 atom stereocenters. The first-order valence-electron chi connectivity index (χ1n) is 10.7. The molecule has 5 rings (SSSR count). The van der Waals surface area contributed by atoms with Crippen molar-refractivity contribution >= 4 is 33.7 Å². The van der Waals surface area contributed by atoms with Gasteiger partial charge in [-0.2, -0.15) is 0 Å². The molecule has 2 heterocycles. The second-order valence-corrected chi connectivity index (χ2v) is 9.02. The molecule has 1 aliphatic rings. The summed E-state index contributed by atoms with van der Waals surface area (Å²) in [6, 6.07) is 21.7. The van der Waals surface area contributed by atoms with Crippen molar-refractivity contribution in [1.29, 1.82) is 0 Å². The maximum Gasteiger partial charge on any atom is 0.286 e. The Morgan fingerprint density at radius 3 is 2.52 bits per heavy atom. The number of nitrogens with one attached hydrogen (secondary N) is 1. The van der Waals surface area contributed by atoms with Gasteiger partial charge in [0, 0.05) is 17.4 Å². The fraction of sp³-hybridized carbons (Fsp3) is 0.192. The molecule has 0 saturated carbocycles. The van der Waals surface area contributed by atoms with E-state index in [4.69, 9.17) is 9.15 Å². The molecule has 1 N–H and O–H groups in total. The van der Waals surface area contributed by atoms with Crippen LogP contribution in [0.3, 0.4) is 0 Å². The number of thioether (sulfide) groups is 1. The van der Waals surface area contributed by atoms with Crippen molar-refractivity contribution in [3.8, 4) is 17.2 Å². The summed E-state index contributed by atoms with van der Waals surface area (Å²) in [6.45, 7) is 2.38. The van der Waals surface area contributed by atoms with Crippen LogP contribution in [0.1, 0.15) is 17.0 Å². The van der Waals surface area contributed by atoms with Crippen LogP contribution in [0.25, 0.3) is 22.2 Å². The SMILES string of the molecule is Cc1oc(-c2ccccc2)nc1CCOc1ccc(C[C@@H]2SC(=O)NC2=O)c2ccccc12. The molecule has 0 radical (unpaired) electrons. The van der Waals surface area contributed by atoms with E-state index in [0.29, 0.717) is 25.3 Å². The minimum absolute atomic E-state index is 0.229. The number of carbonyl (C=O) groups is 2. The number of imide groups is 1. The first-order chi connectivity index (χ1) is 16.1. The van der Waals surface area contributed by atoms with Crippen LogP contribution in [0.2, 0.25) is 0 Å². The van der Waals surface area contributed by atoms with E-state index in [2.05, 4.69) is 10.3 Å². The van der Waals surface area contributed by atoms with Gasteiger partial charge >= 0.3 is 0 Å². The van der Waals surface area contributed by atoms with Crippen LogP contribution < -0.4 is 10.1 Å². The Kier molecular flexibility index (Phi) is 5.88. The van der Waals surface area contributed by atoms with Gasteiger partial charge in [0.15, 0.2) is 0 Å². The summed E-state index contributed by atoms with van der Waals surface area (Å²) in [6.07, 6.45) is 1.11. The van der Waals surface area contributed by atoms with E-state index in [-0.39, 0.29) is 11.1 Å². The van der Waals surface area contributed by atoms with Crippen LogP contribution in [0.15, 0.2) is 71.1 Å². The van der Waals surface area contributed by atoms with Crippen molar-refractivity contribution in [2.75, 3.05) is 6.61 Å². The molecule has 7 heteroatoms. The maximum absolute atomic E-state index is 12.0. The fourth-order valence-electron chi connectivity index (χ4n) is 3.99. The number of fused-ring (bicyclic) bond motifs is 1. The highest BCUT2D eigenvalue weighted by molar-refractivity contribution is 8.15. The Hall–Kier alpha value is -3.58. The molecular weight excluding hydrogens is 436 g/mol. The highest BCUT2D eigenvalue weighted by Crippen LogP contribution is 2.32. The monoisotopic (exact) mass is 458 g/mol. The molecule has 0 bridgehead atoms. The van der Waals surface area contributed by atoms with E-state index < -0.39 is 5.25 Å². The Morgan fingerprint density at radius 2 is 1.76 bits per heavy atom. The van der Waals surface area contributed by atoms with Gasteiger partial charge in [-0.25, -0.2) is 4.98 Å². The molecule has 33 heavy (non-hydrogen) atoms. The van der Waals surface area contributed by atoms with Crippen LogP contribution in [0.4, 0.5) is 4.79 Å². The van der Waals surface area contributed by atoms with Crippen molar-refractivity contribution in [3.05, 3.63) is 83.7 Å². The third kappa shape index (κ3) is 4.50. The van der Waals surface area contributed by atoms with Gasteiger partial charge in [-0.15, -0.1) is 0 Å². The van der Waals surface area contributed by atoms with E-state index in [1.54, 1.807) is 0 Å². The van der Waals surface area contributed by atoms with Crippen LogP contribution in [-0.2, 0) is 17.6 Å². The largest absolute Gasteiger partial charge is 0.493 e. The van der Waals surface area contributed by atoms with Crippen molar-refractivity contribution in [2.24, 2.45) is 0 Å². The standard InChI is InChI=1S/C26H22N2O4S/c1-16-21(27-25(32-16)17-7-3-2-4-8-17)13-14-31-22-12-11-18(19-9-5-6-10-20(19)22)15-23-24(29)28-26(30)33-23/h2-12,23H,13-15H2,1H3,(H,28,29,30)/t23-/m0/s1. The second-order valence-electron chi connectivity index (χ2n) is 7.84. The number of ether oxygens (including phenoxy) is 1. The molecule has 6 nitrogen and oxygen atoms in total. The van der Waals surface area contributed by atoms with Gasteiger partial charge in [-0.1, -0.05) is 60.3 Å². The summed E-state index contributed by atoms with van der Waals surface area (Å²) in [7, 11) is 0. The van der Waals surface area contributed by atoms with Gasteiger partial charge in [0.2, 0.25) is 11.8 Å². The number of rotatable bonds is 7. The van der Waals surface area contributed by atoms with Gasteiger partial charge in [0.25, 0.3) is 5.24 Å². The third-order valence-corrected chi connectivity index (χ3v) is 6.64. The van der Waals surface area contributed by atoms with E-state index in [1.165, 1.54) is 0 Å². The lowest BCUT2D eigenvalue weighted by molar-refractivity contribution is -0.118. The minimum atomic E-state index is -0.401. The zero-order chi connectivity index (χ0) is 22.8. The second kappa shape index (κ2) is 9.11. The first kappa shape index (κ1) is 21.3. The molecule has 1 aliphatic heterocycles. The number of hydrogen-bond donors (Lipinski definition) is 1. The molecule has 0 aliphatic carbocycles. The number of aryl methyl sites for hydroxylation is 1. The van der Waals surface area contributed by atoms with E-state index in [9.17, 15) is 9.59 Å². The summed E-state index contributed by atoms with van der Waals surface area (Å²) >= 11 is 1.05. The average molecular weight is 459 g/mol. The summed E-state index contributed by atoms with van der Waals surface area (Å²) in [5, 5.41) is 3.67. The molecule has 0 spiro atoms. The Labute approximate surface area is 195 Å². The van der Waals surface area contributed by atoms with Crippen molar-refractivity contribution in [2.45, 2.75) is 25.0 Å². The smallest absolute Gasteiger partial charge is 0.286 e.